The van der Waals surface area contributed by atoms with E-state index in [2.05, 4.69) is 17.3 Å². The maximum Gasteiger partial charge on any atom is 0.318 e. The van der Waals surface area contributed by atoms with Gasteiger partial charge in [0.1, 0.15) is 0 Å². The summed E-state index contributed by atoms with van der Waals surface area (Å²) >= 11 is 1.50. The second kappa shape index (κ2) is 5.74. The van der Waals surface area contributed by atoms with E-state index in [4.69, 9.17) is 5.73 Å². The fourth-order valence-electron chi connectivity index (χ4n) is 1.15. The SMILES string of the molecule is CCCCCN1CSC(NC(N)=O)=N1. The highest BCUT2D eigenvalue weighted by Gasteiger charge is 2.15. The second-order valence-electron chi connectivity index (χ2n) is 3.11. The number of amidine groups is 1. The zero-order valence-electron chi connectivity index (χ0n) is 8.32. The molecule has 0 atom stereocenters. The molecule has 0 aliphatic carbocycles. The average Bonchev–Trinajstić information content (AvgIpc) is 2.52. The molecule has 0 bridgehead atoms. The van der Waals surface area contributed by atoms with E-state index in [1.54, 1.807) is 0 Å². The van der Waals surface area contributed by atoms with E-state index in [1.807, 2.05) is 5.01 Å². The van der Waals surface area contributed by atoms with Gasteiger partial charge in [0.15, 0.2) is 5.17 Å². The van der Waals surface area contributed by atoms with Crippen molar-refractivity contribution in [2.24, 2.45) is 10.8 Å². The van der Waals surface area contributed by atoms with Crippen molar-refractivity contribution in [2.75, 3.05) is 12.4 Å². The van der Waals surface area contributed by atoms with Crippen LogP contribution in [0.3, 0.4) is 0 Å². The van der Waals surface area contributed by atoms with Crippen LogP contribution in [-0.4, -0.2) is 28.6 Å². The van der Waals surface area contributed by atoms with Gasteiger partial charge in [-0.3, -0.25) is 10.3 Å². The highest BCUT2D eigenvalue weighted by atomic mass is 32.2. The summed E-state index contributed by atoms with van der Waals surface area (Å²) in [4.78, 5) is 10.5. The van der Waals surface area contributed by atoms with E-state index in [9.17, 15) is 4.79 Å². The Hall–Kier alpha value is -0.910. The van der Waals surface area contributed by atoms with Gasteiger partial charge in [-0.1, -0.05) is 31.5 Å². The lowest BCUT2D eigenvalue weighted by atomic mass is 10.2. The Bertz CT molecular complexity index is 231. The summed E-state index contributed by atoms with van der Waals surface area (Å²) in [5.41, 5.74) is 4.98. The molecule has 1 rings (SSSR count). The number of urea groups is 1. The molecule has 0 radical (unpaired) electrons. The summed E-state index contributed by atoms with van der Waals surface area (Å²) in [5, 5.41) is 9.23. The molecular formula is C8H16N4OS. The summed E-state index contributed by atoms with van der Waals surface area (Å²) in [7, 11) is 0. The van der Waals surface area contributed by atoms with E-state index in [1.165, 1.54) is 24.6 Å². The molecule has 0 aromatic rings. The van der Waals surface area contributed by atoms with Crippen LogP contribution in [0.1, 0.15) is 26.2 Å². The second-order valence-corrected chi connectivity index (χ2v) is 4.04. The van der Waals surface area contributed by atoms with Gasteiger partial charge in [0.05, 0.1) is 5.88 Å². The Morgan fingerprint density at radius 3 is 3.14 bits per heavy atom. The minimum Gasteiger partial charge on any atom is -0.351 e. The van der Waals surface area contributed by atoms with E-state index in [0.717, 1.165) is 18.8 Å². The van der Waals surface area contributed by atoms with Gasteiger partial charge in [-0.15, -0.1) is 0 Å². The smallest absolute Gasteiger partial charge is 0.318 e. The Morgan fingerprint density at radius 1 is 1.71 bits per heavy atom. The minimum atomic E-state index is -0.549. The topological polar surface area (TPSA) is 70.7 Å². The molecule has 0 aromatic heterocycles. The van der Waals surface area contributed by atoms with Crippen LogP contribution in [0.2, 0.25) is 0 Å². The quantitative estimate of drug-likeness (QED) is 0.692. The van der Waals surface area contributed by atoms with Crippen LogP contribution in [0.15, 0.2) is 5.10 Å². The summed E-state index contributed by atoms with van der Waals surface area (Å²) in [5.74, 6) is 0.805. The molecule has 0 unspecified atom stereocenters. The maximum absolute atomic E-state index is 10.5. The number of hydrogen-bond acceptors (Lipinski definition) is 4. The van der Waals surface area contributed by atoms with E-state index in [-0.39, 0.29) is 0 Å². The summed E-state index contributed by atoms with van der Waals surface area (Å²) in [6.07, 6.45) is 3.57. The van der Waals surface area contributed by atoms with Crippen LogP contribution in [-0.2, 0) is 0 Å². The molecule has 0 saturated heterocycles. The molecule has 80 valence electrons. The molecule has 0 spiro atoms. The number of thioether (sulfide) groups is 1. The first-order valence-electron chi connectivity index (χ1n) is 4.75. The molecule has 5 nitrogen and oxygen atoms in total. The molecule has 0 saturated carbocycles. The van der Waals surface area contributed by atoms with Gasteiger partial charge in [-0.25, -0.2) is 4.79 Å². The first-order valence-corrected chi connectivity index (χ1v) is 5.73. The lowest BCUT2D eigenvalue weighted by Crippen LogP contribution is -2.32. The summed E-state index contributed by atoms with van der Waals surface area (Å²) in [6.45, 7) is 3.12. The van der Waals surface area contributed by atoms with Crippen molar-refractivity contribution >= 4 is 23.0 Å². The molecular weight excluding hydrogens is 200 g/mol. The van der Waals surface area contributed by atoms with Crippen molar-refractivity contribution < 1.29 is 4.79 Å². The fourth-order valence-corrected chi connectivity index (χ4v) is 1.95. The number of rotatable bonds is 4. The standard InChI is InChI=1S/C8H16N4OS/c1-2-3-4-5-12-6-14-8(11-12)10-7(9)13/h2-6H2,1H3,(H3,9,10,11,13). The van der Waals surface area contributed by atoms with Crippen molar-refractivity contribution in [1.29, 1.82) is 0 Å². The number of hydrogen-bond donors (Lipinski definition) is 2. The lowest BCUT2D eigenvalue weighted by Gasteiger charge is -2.10. The van der Waals surface area contributed by atoms with Gasteiger partial charge in [0, 0.05) is 6.54 Å². The Balaban J connectivity index is 2.23. The first-order chi connectivity index (χ1) is 6.72. The van der Waals surface area contributed by atoms with Crippen molar-refractivity contribution in [2.45, 2.75) is 26.2 Å². The number of nitrogens with two attached hydrogens (primary N) is 1. The zero-order chi connectivity index (χ0) is 10.4. The average molecular weight is 216 g/mol. The molecule has 1 heterocycles. The van der Waals surface area contributed by atoms with Gasteiger partial charge in [0.2, 0.25) is 0 Å². The third kappa shape index (κ3) is 3.87. The van der Waals surface area contributed by atoms with Crippen molar-refractivity contribution in [1.82, 2.24) is 10.3 Å². The van der Waals surface area contributed by atoms with Crippen molar-refractivity contribution in [3.8, 4) is 0 Å². The maximum atomic E-state index is 10.5. The molecule has 2 amide bonds. The highest BCUT2D eigenvalue weighted by molar-refractivity contribution is 8.14. The van der Waals surface area contributed by atoms with Gasteiger partial charge >= 0.3 is 6.03 Å². The van der Waals surface area contributed by atoms with Crippen molar-refractivity contribution in [3.63, 3.8) is 0 Å². The third-order valence-electron chi connectivity index (χ3n) is 1.83. The van der Waals surface area contributed by atoms with Crippen LogP contribution >= 0.6 is 11.8 Å². The van der Waals surface area contributed by atoms with E-state index < -0.39 is 6.03 Å². The summed E-state index contributed by atoms with van der Waals surface area (Å²) in [6, 6.07) is -0.549. The van der Waals surface area contributed by atoms with Crippen LogP contribution in [0, 0.1) is 0 Å². The third-order valence-corrected chi connectivity index (χ3v) is 2.72. The number of unbranched alkanes of at least 4 members (excludes halogenated alkanes) is 2. The predicted molar refractivity (Wildman–Crippen MR) is 58.8 cm³/mol. The van der Waals surface area contributed by atoms with E-state index in [0.29, 0.717) is 5.17 Å². The van der Waals surface area contributed by atoms with Crippen molar-refractivity contribution in [3.05, 3.63) is 0 Å². The summed E-state index contributed by atoms with van der Waals surface area (Å²) < 4.78 is 0. The number of nitrogens with zero attached hydrogens (tertiary/aromatic N) is 2. The van der Waals surface area contributed by atoms with E-state index >= 15 is 0 Å². The number of primary amides is 1. The molecule has 3 N–H and O–H groups in total. The molecule has 0 fully saturated rings. The molecule has 6 heteroatoms. The Labute approximate surface area is 88.1 Å². The molecule has 1 aliphatic rings. The van der Waals surface area contributed by atoms with Gasteiger partial charge in [0.25, 0.3) is 0 Å². The van der Waals surface area contributed by atoms with Gasteiger partial charge < -0.3 is 5.73 Å². The Morgan fingerprint density at radius 2 is 2.50 bits per heavy atom. The predicted octanol–water partition coefficient (Wildman–Crippen LogP) is 1.12. The molecule has 0 aromatic carbocycles. The molecule has 1 aliphatic heterocycles. The van der Waals surface area contributed by atoms with Gasteiger partial charge in [-0.2, -0.15) is 5.10 Å². The highest BCUT2D eigenvalue weighted by Crippen LogP contribution is 2.15. The largest absolute Gasteiger partial charge is 0.351 e. The fraction of sp³-hybridized carbons (Fsp3) is 0.750. The number of carbonyl (C=O) groups excluding carboxylic acids is 1. The zero-order valence-corrected chi connectivity index (χ0v) is 9.14. The Kier molecular flexibility index (Phi) is 4.58. The number of hydrazone groups is 1. The van der Waals surface area contributed by atoms with Crippen LogP contribution in [0.5, 0.6) is 0 Å². The first kappa shape index (κ1) is 11.2. The number of carbonyl (C=O) groups is 1. The normalized spacial score (nSPS) is 15.5. The van der Waals surface area contributed by atoms with Crippen LogP contribution in [0.25, 0.3) is 0 Å². The minimum absolute atomic E-state index is 0.549. The molecule has 14 heavy (non-hydrogen) atoms. The lowest BCUT2D eigenvalue weighted by molar-refractivity contribution is 0.253. The number of nitrogens with one attached hydrogen (secondary N) is 1. The van der Waals surface area contributed by atoms with Crippen LogP contribution in [0.4, 0.5) is 4.79 Å². The van der Waals surface area contributed by atoms with Gasteiger partial charge in [-0.05, 0) is 6.42 Å². The monoisotopic (exact) mass is 216 g/mol. The number of amides is 2. The van der Waals surface area contributed by atoms with Crippen LogP contribution < -0.4 is 11.1 Å².